The Labute approximate surface area is 173 Å². The number of rotatable bonds is 5. The van der Waals surface area contributed by atoms with Gasteiger partial charge in [-0.3, -0.25) is 9.69 Å². The van der Waals surface area contributed by atoms with Crippen molar-refractivity contribution in [1.82, 2.24) is 19.8 Å². The number of imidazole rings is 1. The SMILES string of the molecule is O=C(CSc1ncc(-c2ccc(F)cc2)[nH]1)N1CCN(C2CCS(=O)(=O)C2)CC1. The van der Waals surface area contributed by atoms with E-state index in [1.54, 1.807) is 18.3 Å². The van der Waals surface area contributed by atoms with Gasteiger partial charge in [0.1, 0.15) is 5.82 Å². The lowest BCUT2D eigenvalue weighted by Gasteiger charge is -2.37. The number of aromatic nitrogens is 2. The van der Waals surface area contributed by atoms with E-state index in [1.165, 1.54) is 23.9 Å². The van der Waals surface area contributed by atoms with Crippen molar-refractivity contribution in [3.63, 3.8) is 0 Å². The normalized spacial score (nSPS) is 22.1. The molecule has 2 aliphatic rings. The van der Waals surface area contributed by atoms with E-state index in [9.17, 15) is 17.6 Å². The summed E-state index contributed by atoms with van der Waals surface area (Å²) >= 11 is 1.34. The third-order valence-corrected chi connectivity index (χ3v) is 8.05. The monoisotopic (exact) mass is 438 g/mol. The van der Waals surface area contributed by atoms with Crippen LogP contribution in [-0.4, -0.2) is 83.6 Å². The summed E-state index contributed by atoms with van der Waals surface area (Å²) in [6.07, 6.45) is 2.37. The summed E-state index contributed by atoms with van der Waals surface area (Å²) in [6, 6.07) is 6.25. The van der Waals surface area contributed by atoms with E-state index in [1.807, 2.05) is 4.90 Å². The summed E-state index contributed by atoms with van der Waals surface area (Å²) in [5.74, 6) is 0.563. The molecule has 0 radical (unpaired) electrons. The van der Waals surface area contributed by atoms with Crippen molar-refractivity contribution in [3.8, 4) is 11.3 Å². The Morgan fingerprint density at radius 3 is 2.59 bits per heavy atom. The molecule has 7 nitrogen and oxygen atoms in total. The zero-order valence-corrected chi connectivity index (χ0v) is 17.5. The molecular weight excluding hydrogens is 415 g/mol. The molecule has 2 aliphatic heterocycles. The van der Waals surface area contributed by atoms with Crippen LogP contribution in [-0.2, 0) is 14.6 Å². The number of thioether (sulfide) groups is 1. The number of aromatic amines is 1. The Bertz CT molecular complexity index is 970. The Morgan fingerprint density at radius 2 is 1.93 bits per heavy atom. The van der Waals surface area contributed by atoms with Crippen LogP contribution in [0.3, 0.4) is 0 Å². The quantitative estimate of drug-likeness (QED) is 0.715. The topological polar surface area (TPSA) is 86.4 Å². The van der Waals surface area contributed by atoms with E-state index in [0.717, 1.165) is 11.3 Å². The second kappa shape index (κ2) is 8.45. The van der Waals surface area contributed by atoms with Crippen molar-refractivity contribution in [2.24, 2.45) is 0 Å². The lowest BCUT2D eigenvalue weighted by atomic mass is 10.2. The van der Waals surface area contributed by atoms with E-state index < -0.39 is 9.84 Å². The second-order valence-corrected chi connectivity index (χ2v) is 10.6. The Kier molecular flexibility index (Phi) is 5.93. The molecular formula is C19H23FN4O3S2. The van der Waals surface area contributed by atoms with Crippen molar-refractivity contribution in [2.45, 2.75) is 17.6 Å². The molecule has 2 fully saturated rings. The number of nitrogens with one attached hydrogen (secondary N) is 1. The molecule has 0 saturated carbocycles. The van der Waals surface area contributed by atoms with Crippen LogP contribution in [0.5, 0.6) is 0 Å². The van der Waals surface area contributed by atoms with Crippen molar-refractivity contribution < 1.29 is 17.6 Å². The predicted molar refractivity (Wildman–Crippen MR) is 110 cm³/mol. The van der Waals surface area contributed by atoms with Gasteiger partial charge < -0.3 is 9.88 Å². The van der Waals surface area contributed by atoms with Gasteiger partial charge in [-0.05, 0) is 36.2 Å². The molecule has 4 rings (SSSR count). The van der Waals surface area contributed by atoms with Crippen LogP contribution in [0.25, 0.3) is 11.3 Å². The predicted octanol–water partition coefficient (Wildman–Crippen LogP) is 1.64. The van der Waals surface area contributed by atoms with Gasteiger partial charge in [0.2, 0.25) is 5.91 Å². The van der Waals surface area contributed by atoms with Crippen LogP contribution in [0.4, 0.5) is 4.39 Å². The van der Waals surface area contributed by atoms with E-state index in [0.29, 0.717) is 37.8 Å². The second-order valence-electron chi connectivity index (χ2n) is 7.37. The van der Waals surface area contributed by atoms with Crippen LogP contribution in [0.15, 0.2) is 35.6 Å². The van der Waals surface area contributed by atoms with Gasteiger partial charge in [-0.25, -0.2) is 17.8 Å². The van der Waals surface area contributed by atoms with Crippen LogP contribution in [0.2, 0.25) is 0 Å². The molecule has 29 heavy (non-hydrogen) atoms. The van der Waals surface area contributed by atoms with Gasteiger partial charge in [-0.15, -0.1) is 0 Å². The first-order chi connectivity index (χ1) is 13.9. The van der Waals surface area contributed by atoms with Gasteiger partial charge in [0.05, 0.1) is 29.1 Å². The molecule has 1 aromatic carbocycles. The minimum absolute atomic E-state index is 0.0495. The summed E-state index contributed by atoms with van der Waals surface area (Å²) in [5.41, 5.74) is 1.61. The molecule has 1 aromatic heterocycles. The fourth-order valence-corrected chi connectivity index (χ4v) is 6.29. The fraction of sp³-hybridized carbons (Fsp3) is 0.474. The highest BCUT2D eigenvalue weighted by atomic mass is 32.2. The van der Waals surface area contributed by atoms with Gasteiger partial charge in [0, 0.05) is 32.2 Å². The number of benzene rings is 1. The van der Waals surface area contributed by atoms with Gasteiger partial charge in [-0.2, -0.15) is 0 Å². The van der Waals surface area contributed by atoms with Crippen LogP contribution >= 0.6 is 11.8 Å². The van der Waals surface area contributed by atoms with Crippen molar-refractivity contribution in [1.29, 1.82) is 0 Å². The number of amides is 1. The number of hydrogen-bond acceptors (Lipinski definition) is 6. The number of carbonyl (C=O) groups excluding carboxylic acids is 1. The molecule has 1 unspecified atom stereocenters. The number of hydrogen-bond donors (Lipinski definition) is 1. The molecule has 2 aromatic rings. The van der Waals surface area contributed by atoms with Gasteiger partial charge in [-0.1, -0.05) is 11.8 Å². The van der Waals surface area contributed by atoms with Crippen molar-refractivity contribution in [3.05, 3.63) is 36.3 Å². The Balaban J connectivity index is 1.25. The van der Waals surface area contributed by atoms with E-state index in [2.05, 4.69) is 14.9 Å². The maximum Gasteiger partial charge on any atom is 0.233 e. The van der Waals surface area contributed by atoms with Crippen LogP contribution in [0.1, 0.15) is 6.42 Å². The van der Waals surface area contributed by atoms with Crippen LogP contribution < -0.4 is 0 Å². The van der Waals surface area contributed by atoms with E-state index in [-0.39, 0.29) is 35.0 Å². The first-order valence-electron chi connectivity index (χ1n) is 9.56. The number of sulfone groups is 1. The molecule has 0 bridgehead atoms. The third kappa shape index (κ3) is 4.99. The average Bonchev–Trinajstić information content (AvgIpc) is 3.33. The van der Waals surface area contributed by atoms with Gasteiger partial charge >= 0.3 is 0 Å². The average molecular weight is 439 g/mol. The standard InChI is InChI=1S/C19H23FN4O3S2/c20-15-3-1-14(2-4-15)17-11-21-19(22-17)28-12-18(25)24-8-6-23(7-9-24)16-5-10-29(26,27)13-16/h1-4,11,16H,5-10,12-13H2,(H,21,22). The maximum absolute atomic E-state index is 13.0. The summed E-state index contributed by atoms with van der Waals surface area (Å²) in [6.45, 7) is 2.67. The van der Waals surface area contributed by atoms with Gasteiger partial charge in [0.25, 0.3) is 0 Å². The molecule has 0 aliphatic carbocycles. The Hall–Kier alpha value is -1.91. The molecule has 2 saturated heterocycles. The minimum atomic E-state index is -2.89. The fourth-order valence-electron chi connectivity index (χ4n) is 3.77. The molecule has 156 valence electrons. The highest BCUT2D eigenvalue weighted by molar-refractivity contribution is 7.99. The first-order valence-corrected chi connectivity index (χ1v) is 12.4. The minimum Gasteiger partial charge on any atom is -0.339 e. The molecule has 1 atom stereocenters. The summed E-state index contributed by atoms with van der Waals surface area (Å²) in [5, 5.41) is 0.646. The third-order valence-electron chi connectivity index (χ3n) is 5.43. The molecule has 1 amide bonds. The number of piperazine rings is 1. The molecule has 10 heteroatoms. The highest BCUT2D eigenvalue weighted by Gasteiger charge is 2.34. The molecule has 1 N–H and O–H groups in total. The number of carbonyl (C=O) groups is 1. The smallest absolute Gasteiger partial charge is 0.233 e. The lowest BCUT2D eigenvalue weighted by Crippen LogP contribution is -2.52. The zero-order valence-electron chi connectivity index (χ0n) is 15.9. The zero-order chi connectivity index (χ0) is 20.4. The van der Waals surface area contributed by atoms with Crippen molar-refractivity contribution >= 4 is 27.5 Å². The lowest BCUT2D eigenvalue weighted by molar-refractivity contribution is -0.130. The van der Waals surface area contributed by atoms with E-state index in [4.69, 9.17) is 0 Å². The number of H-pyrrole nitrogens is 1. The first kappa shape index (κ1) is 20.4. The number of halogens is 1. The van der Waals surface area contributed by atoms with Gasteiger partial charge in [0.15, 0.2) is 15.0 Å². The van der Waals surface area contributed by atoms with Crippen LogP contribution in [0, 0.1) is 5.82 Å². The maximum atomic E-state index is 13.0. The summed E-state index contributed by atoms with van der Waals surface area (Å²) < 4.78 is 36.4. The summed E-state index contributed by atoms with van der Waals surface area (Å²) in [4.78, 5) is 24.0. The Morgan fingerprint density at radius 1 is 1.21 bits per heavy atom. The summed E-state index contributed by atoms with van der Waals surface area (Å²) in [7, 11) is -2.89. The largest absolute Gasteiger partial charge is 0.339 e. The highest BCUT2D eigenvalue weighted by Crippen LogP contribution is 2.23. The number of nitrogens with zero attached hydrogens (tertiary/aromatic N) is 3. The van der Waals surface area contributed by atoms with E-state index >= 15 is 0 Å². The molecule has 3 heterocycles. The van der Waals surface area contributed by atoms with Crippen molar-refractivity contribution in [2.75, 3.05) is 43.4 Å². The molecule has 0 spiro atoms.